The maximum atomic E-state index is 12.7. The minimum atomic E-state index is -0.453. The van der Waals surface area contributed by atoms with Crippen LogP contribution in [0.5, 0.6) is 0 Å². The first-order chi connectivity index (χ1) is 12.4. The zero-order valence-electron chi connectivity index (χ0n) is 14.4. The highest BCUT2D eigenvalue weighted by Crippen LogP contribution is 2.20. The number of benzene rings is 1. The Bertz CT molecular complexity index is 1100. The third-order valence-corrected chi connectivity index (χ3v) is 5.43. The SMILES string of the molecule is CCCn1c(=O)c2sccc2n(CC(=O)Nc2ccc(Br)cc2C)c1=O. The van der Waals surface area contributed by atoms with E-state index in [2.05, 4.69) is 21.2 Å². The molecule has 0 aliphatic rings. The Kier molecular flexibility index (Phi) is 5.43. The molecule has 0 unspecified atom stereocenters. The first kappa shape index (κ1) is 18.6. The van der Waals surface area contributed by atoms with Gasteiger partial charge in [0.15, 0.2) is 0 Å². The number of nitrogens with zero attached hydrogens (tertiary/aromatic N) is 2. The molecule has 1 amide bonds. The fourth-order valence-corrected chi connectivity index (χ4v) is 4.13. The van der Waals surface area contributed by atoms with E-state index in [1.54, 1.807) is 17.5 Å². The van der Waals surface area contributed by atoms with Crippen LogP contribution >= 0.6 is 27.3 Å². The fourth-order valence-electron chi connectivity index (χ4n) is 2.81. The number of amides is 1. The van der Waals surface area contributed by atoms with E-state index < -0.39 is 5.69 Å². The van der Waals surface area contributed by atoms with Crippen LogP contribution in [0.25, 0.3) is 10.2 Å². The Morgan fingerprint density at radius 2 is 2.00 bits per heavy atom. The summed E-state index contributed by atoms with van der Waals surface area (Å²) in [5, 5.41) is 4.59. The van der Waals surface area contributed by atoms with Gasteiger partial charge in [-0.15, -0.1) is 11.3 Å². The predicted octanol–water partition coefficient (Wildman–Crippen LogP) is 3.34. The zero-order chi connectivity index (χ0) is 18.8. The molecule has 8 heteroatoms. The lowest BCUT2D eigenvalue weighted by molar-refractivity contribution is -0.116. The van der Waals surface area contributed by atoms with Gasteiger partial charge in [-0.1, -0.05) is 22.9 Å². The second-order valence-electron chi connectivity index (χ2n) is 5.97. The van der Waals surface area contributed by atoms with Crippen LogP contribution < -0.4 is 16.6 Å². The summed E-state index contributed by atoms with van der Waals surface area (Å²) in [6.45, 7) is 3.98. The van der Waals surface area contributed by atoms with Crippen molar-refractivity contribution in [3.8, 4) is 0 Å². The lowest BCUT2D eigenvalue weighted by Gasteiger charge is -2.13. The molecule has 0 aliphatic heterocycles. The molecule has 2 aromatic heterocycles. The Balaban J connectivity index is 1.98. The molecule has 6 nitrogen and oxygen atoms in total. The van der Waals surface area contributed by atoms with Gasteiger partial charge in [0.2, 0.25) is 5.91 Å². The Morgan fingerprint density at radius 3 is 2.69 bits per heavy atom. The number of aromatic nitrogens is 2. The van der Waals surface area contributed by atoms with Crippen LogP contribution in [0.3, 0.4) is 0 Å². The van der Waals surface area contributed by atoms with Gasteiger partial charge in [0.1, 0.15) is 11.2 Å². The molecular weight excluding hydrogens is 418 g/mol. The molecule has 0 spiro atoms. The summed E-state index contributed by atoms with van der Waals surface area (Å²) in [5.41, 5.74) is 1.36. The van der Waals surface area contributed by atoms with Crippen molar-refractivity contribution in [2.24, 2.45) is 0 Å². The van der Waals surface area contributed by atoms with Gasteiger partial charge in [-0.3, -0.25) is 18.7 Å². The molecule has 0 bridgehead atoms. The topological polar surface area (TPSA) is 73.1 Å². The van der Waals surface area contributed by atoms with E-state index in [-0.39, 0.29) is 18.0 Å². The van der Waals surface area contributed by atoms with Crippen molar-refractivity contribution in [2.75, 3.05) is 5.32 Å². The molecule has 2 heterocycles. The molecule has 136 valence electrons. The number of carbonyl (C=O) groups is 1. The van der Waals surface area contributed by atoms with Crippen LogP contribution in [0.2, 0.25) is 0 Å². The van der Waals surface area contributed by atoms with Gasteiger partial charge in [0.25, 0.3) is 5.56 Å². The van der Waals surface area contributed by atoms with E-state index >= 15 is 0 Å². The summed E-state index contributed by atoms with van der Waals surface area (Å²) in [6, 6.07) is 7.25. The third-order valence-electron chi connectivity index (χ3n) is 4.05. The van der Waals surface area contributed by atoms with E-state index in [1.165, 1.54) is 20.5 Å². The van der Waals surface area contributed by atoms with Crippen molar-refractivity contribution in [1.29, 1.82) is 0 Å². The van der Waals surface area contributed by atoms with Crippen LogP contribution in [0, 0.1) is 6.92 Å². The molecule has 26 heavy (non-hydrogen) atoms. The number of hydrogen-bond acceptors (Lipinski definition) is 4. The standard InChI is InChI=1S/C18H18BrN3O3S/c1-3-7-21-17(24)16-14(6-8-26-16)22(18(21)25)10-15(23)20-13-5-4-12(19)9-11(13)2/h4-6,8-9H,3,7,10H2,1-2H3,(H,20,23). The largest absolute Gasteiger partial charge is 0.332 e. The molecule has 0 saturated carbocycles. The zero-order valence-corrected chi connectivity index (χ0v) is 16.8. The third kappa shape index (κ3) is 3.52. The summed E-state index contributed by atoms with van der Waals surface area (Å²) in [4.78, 5) is 37.7. The predicted molar refractivity (Wildman–Crippen MR) is 108 cm³/mol. The minimum absolute atomic E-state index is 0.147. The van der Waals surface area contributed by atoms with Crippen molar-refractivity contribution in [3.63, 3.8) is 0 Å². The molecule has 1 N–H and O–H groups in total. The lowest BCUT2D eigenvalue weighted by atomic mass is 10.2. The summed E-state index contributed by atoms with van der Waals surface area (Å²) >= 11 is 4.67. The molecule has 0 aliphatic carbocycles. The van der Waals surface area contributed by atoms with Gasteiger partial charge in [-0.2, -0.15) is 0 Å². The van der Waals surface area contributed by atoms with E-state index in [0.29, 0.717) is 28.9 Å². The summed E-state index contributed by atoms with van der Waals surface area (Å²) in [5.74, 6) is -0.313. The van der Waals surface area contributed by atoms with Gasteiger partial charge < -0.3 is 5.32 Å². The number of carbonyl (C=O) groups excluding carboxylic acids is 1. The minimum Gasteiger partial charge on any atom is -0.324 e. The molecule has 0 saturated heterocycles. The molecule has 1 aromatic carbocycles. The Labute approximate surface area is 162 Å². The number of hydrogen-bond donors (Lipinski definition) is 1. The smallest absolute Gasteiger partial charge is 0.324 e. The van der Waals surface area contributed by atoms with Crippen LogP contribution in [-0.2, 0) is 17.9 Å². The van der Waals surface area contributed by atoms with Crippen LogP contribution in [0.15, 0.2) is 43.7 Å². The second-order valence-corrected chi connectivity index (χ2v) is 7.80. The van der Waals surface area contributed by atoms with Gasteiger partial charge in [0, 0.05) is 16.7 Å². The average molecular weight is 436 g/mol. The van der Waals surface area contributed by atoms with E-state index in [1.807, 2.05) is 26.0 Å². The number of halogens is 1. The first-order valence-corrected chi connectivity index (χ1v) is 9.86. The first-order valence-electron chi connectivity index (χ1n) is 8.19. The molecule has 0 radical (unpaired) electrons. The number of fused-ring (bicyclic) bond motifs is 1. The second kappa shape index (κ2) is 7.59. The lowest BCUT2D eigenvalue weighted by Crippen LogP contribution is -2.41. The van der Waals surface area contributed by atoms with E-state index in [9.17, 15) is 14.4 Å². The monoisotopic (exact) mass is 435 g/mol. The summed E-state index contributed by atoms with van der Waals surface area (Å²) in [7, 11) is 0. The quantitative estimate of drug-likeness (QED) is 0.667. The number of rotatable bonds is 5. The van der Waals surface area contributed by atoms with E-state index in [4.69, 9.17) is 0 Å². The van der Waals surface area contributed by atoms with Crippen molar-refractivity contribution >= 4 is 49.1 Å². The Morgan fingerprint density at radius 1 is 1.23 bits per heavy atom. The molecule has 3 aromatic rings. The maximum Gasteiger partial charge on any atom is 0.332 e. The van der Waals surface area contributed by atoms with Gasteiger partial charge in [0.05, 0.1) is 5.52 Å². The molecule has 3 rings (SSSR count). The van der Waals surface area contributed by atoms with E-state index in [0.717, 1.165) is 10.0 Å². The Hall–Kier alpha value is -2.19. The summed E-state index contributed by atoms with van der Waals surface area (Å²) < 4.78 is 3.99. The van der Waals surface area contributed by atoms with Gasteiger partial charge in [-0.05, 0) is 48.6 Å². The van der Waals surface area contributed by atoms with Crippen molar-refractivity contribution in [3.05, 3.63) is 60.5 Å². The maximum absolute atomic E-state index is 12.7. The fraction of sp³-hybridized carbons (Fsp3) is 0.278. The van der Waals surface area contributed by atoms with Crippen LogP contribution in [-0.4, -0.2) is 15.0 Å². The highest BCUT2D eigenvalue weighted by Gasteiger charge is 2.16. The average Bonchev–Trinajstić information content (AvgIpc) is 3.08. The summed E-state index contributed by atoms with van der Waals surface area (Å²) in [6.07, 6.45) is 0.663. The van der Waals surface area contributed by atoms with Crippen LogP contribution in [0.4, 0.5) is 5.69 Å². The number of anilines is 1. The molecule has 0 fully saturated rings. The molecule has 0 atom stereocenters. The van der Waals surface area contributed by atoms with Crippen molar-refractivity contribution in [2.45, 2.75) is 33.4 Å². The van der Waals surface area contributed by atoms with Crippen molar-refractivity contribution < 1.29 is 4.79 Å². The van der Waals surface area contributed by atoms with Crippen LogP contribution in [0.1, 0.15) is 18.9 Å². The molecular formula is C18H18BrN3O3S. The number of thiophene rings is 1. The highest BCUT2D eigenvalue weighted by atomic mass is 79.9. The normalized spacial score (nSPS) is 11.0. The van der Waals surface area contributed by atoms with Crippen molar-refractivity contribution in [1.82, 2.24) is 9.13 Å². The number of aryl methyl sites for hydroxylation is 1. The highest BCUT2D eigenvalue weighted by molar-refractivity contribution is 9.10. The van der Waals surface area contributed by atoms with Gasteiger partial charge >= 0.3 is 5.69 Å². The number of nitrogens with one attached hydrogen (secondary N) is 1. The van der Waals surface area contributed by atoms with Gasteiger partial charge in [-0.25, -0.2) is 4.79 Å².